The first-order valence-electron chi connectivity index (χ1n) is 10.6. The van der Waals surface area contributed by atoms with E-state index in [1.165, 1.54) is 25.9 Å². The lowest BCUT2D eigenvalue weighted by Gasteiger charge is -2.39. The maximum atomic E-state index is 11.6. The summed E-state index contributed by atoms with van der Waals surface area (Å²) in [6, 6.07) is 22.1. The molecule has 1 aliphatic carbocycles. The van der Waals surface area contributed by atoms with Gasteiger partial charge in [0.15, 0.2) is 0 Å². The lowest BCUT2D eigenvalue weighted by molar-refractivity contribution is -0.387. The van der Waals surface area contributed by atoms with Crippen LogP contribution in [-0.2, 0) is 0 Å². The Labute approximate surface area is 210 Å². The van der Waals surface area contributed by atoms with Crippen molar-refractivity contribution in [3.05, 3.63) is 97.1 Å². The van der Waals surface area contributed by atoms with Crippen molar-refractivity contribution in [2.75, 3.05) is 5.32 Å². The van der Waals surface area contributed by atoms with Gasteiger partial charge in [-0.3, -0.25) is 10.1 Å². The minimum absolute atomic E-state index is 0.0879. The molecule has 0 aromatic heterocycles. The summed E-state index contributed by atoms with van der Waals surface area (Å²) in [6.07, 6.45) is 0.895. The molecule has 0 amide bonds. The Morgan fingerprint density at radius 2 is 1.84 bits per heavy atom. The average molecular weight is 577 g/mol. The summed E-state index contributed by atoms with van der Waals surface area (Å²) < 4.78 is 1.20. The van der Waals surface area contributed by atoms with Crippen LogP contribution >= 0.6 is 46.0 Å². The van der Waals surface area contributed by atoms with Gasteiger partial charge in [-0.25, -0.2) is 0 Å². The number of nitrogens with zero attached hydrogens (tertiary/aromatic N) is 1. The molecule has 0 radical (unpaired) electrons. The van der Waals surface area contributed by atoms with Crippen LogP contribution in [0.2, 0.25) is 0 Å². The third-order valence-electron chi connectivity index (χ3n) is 6.58. The lowest BCUT2D eigenvalue weighted by Crippen LogP contribution is -2.31. The van der Waals surface area contributed by atoms with Crippen LogP contribution in [0.5, 0.6) is 0 Å². The van der Waals surface area contributed by atoms with Gasteiger partial charge >= 0.3 is 0 Å². The summed E-state index contributed by atoms with van der Waals surface area (Å²) in [5.41, 5.74) is 5.09. The van der Waals surface area contributed by atoms with E-state index in [0.29, 0.717) is 10.8 Å². The van der Waals surface area contributed by atoms with Gasteiger partial charge in [-0.05, 0) is 76.7 Å². The maximum absolute atomic E-state index is 11.6. The van der Waals surface area contributed by atoms with E-state index >= 15 is 0 Å². The van der Waals surface area contributed by atoms with Crippen LogP contribution in [0.15, 0.2) is 71.6 Å². The third kappa shape index (κ3) is 3.90. The van der Waals surface area contributed by atoms with Crippen molar-refractivity contribution in [1.29, 1.82) is 0 Å². The molecular formula is C25H22ClIN2O2S. The smallest absolute Gasteiger partial charge is 0.282 e. The van der Waals surface area contributed by atoms with Crippen LogP contribution < -0.4 is 5.32 Å². The van der Waals surface area contributed by atoms with Gasteiger partial charge in [-0.2, -0.15) is 0 Å². The summed E-state index contributed by atoms with van der Waals surface area (Å²) in [5.74, 6) is 0.497. The average Bonchev–Trinajstić information content (AvgIpc) is 3.10. The Bertz CT molecular complexity index is 1180. The zero-order valence-corrected chi connectivity index (χ0v) is 21.1. The third-order valence-corrected chi connectivity index (χ3v) is 9.32. The molecule has 1 saturated carbocycles. The first-order chi connectivity index (χ1) is 15.4. The number of nitro benzene ring substituents is 1. The van der Waals surface area contributed by atoms with Crippen LogP contribution in [0.1, 0.15) is 35.1 Å². The van der Waals surface area contributed by atoms with E-state index in [1.807, 2.05) is 18.2 Å². The normalized spacial score (nSPS) is 26.2. The van der Waals surface area contributed by atoms with Gasteiger partial charge in [0.05, 0.1) is 21.2 Å². The lowest BCUT2D eigenvalue weighted by atomic mass is 9.76. The molecule has 0 saturated heterocycles. The summed E-state index contributed by atoms with van der Waals surface area (Å²) in [5, 5.41) is 15.4. The van der Waals surface area contributed by atoms with E-state index in [9.17, 15) is 10.1 Å². The topological polar surface area (TPSA) is 55.2 Å². The van der Waals surface area contributed by atoms with E-state index in [1.54, 1.807) is 23.9 Å². The summed E-state index contributed by atoms with van der Waals surface area (Å²) >= 11 is 11.1. The number of benzene rings is 3. The number of hydrogen-bond acceptors (Lipinski definition) is 4. The SMILES string of the molecule is Cc1cc(I)cc2c1N[C@H](c1ccccc1)[C@@H]1C[C@H](Sc3ccccc3[N+](=O)[O-])[C@@H](Cl)[C@@H]21. The van der Waals surface area contributed by atoms with Crippen LogP contribution in [0.3, 0.4) is 0 Å². The number of nitro groups is 1. The second-order valence-electron chi connectivity index (χ2n) is 8.47. The van der Waals surface area contributed by atoms with Crippen molar-refractivity contribution in [1.82, 2.24) is 0 Å². The van der Waals surface area contributed by atoms with E-state index in [0.717, 1.165) is 6.42 Å². The van der Waals surface area contributed by atoms with E-state index in [4.69, 9.17) is 11.6 Å². The number of para-hydroxylation sites is 1. The number of nitrogens with one attached hydrogen (secondary N) is 1. The Balaban J connectivity index is 1.56. The summed E-state index contributed by atoms with van der Waals surface area (Å²) in [7, 11) is 0. The first-order valence-corrected chi connectivity index (χ1v) is 13.0. The number of hydrogen-bond donors (Lipinski definition) is 1. The fraction of sp³-hybridized carbons (Fsp3) is 0.280. The molecule has 1 heterocycles. The highest BCUT2D eigenvalue weighted by molar-refractivity contribution is 14.1. The Kier molecular flexibility index (Phi) is 6.11. The first kappa shape index (κ1) is 22.0. The maximum Gasteiger partial charge on any atom is 0.282 e. The highest BCUT2D eigenvalue weighted by Gasteiger charge is 2.50. The molecule has 0 unspecified atom stereocenters. The minimum atomic E-state index is -0.303. The van der Waals surface area contributed by atoms with Gasteiger partial charge in [-0.1, -0.05) is 42.5 Å². The second kappa shape index (κ2) is 8.88. The molecular weight excluding hydrogens is 555 g/mol. The van der Waals surface area contributed by atoms with E-state index in [-0.39, 0.29) is 33.2 Å². The van der Waals surface area contributed by atoms with Gasteiger partial charge in [-0.15, -0.1) is 23.4 Å². The zero-order valence-electron chi connectivity index (χ0n) is 17.4. The molecule has 4 nitrogen and oxygen atoms in total. The molecule has 5 rings (SSSR count). The van der Waals surface area contributed by atoms with Crippen LogP contribution in [-0.4, -0.2) is 15.6 Å². The molecule has 164 valence electrons. The van der Waals surface area contributed by atoms with Crippen molar-refractivity contribution < 1.29 is 4.92 Å². The molecule has 0 bridgehead atoms. The molecule has 5 atom stereocenters. The largest absolute Gasteiger partial charge is 0.377 e. The minimum Gasteiger partial charge on any atom is -0.377 e. The van der Waals surface area contributed by atoms with Gasteiger partial charge in [0.1, 0.15) is 0 Å². The predicted molar refractivity (Wildman–Crippen MR) is 140 cm³/mol. The number of rotatable bonds is 4. The molecule has 32 heavy (non-hydrogen) atoms. The van der Waals surface area contributed by atoms with Crippen molar-refractivity contribution in [3.8, 4) is 0 Å². The molecule has 2 aliphatic rings. The highest BCUT2D eigenvalue weighted by atomic mass is 127. The van der Waals surface area contributed by atoms with Crippen LogP contribution in [0.4, 0.5) is 11.4 Å². The molecule has 7 heteroatoms. The van der Waals surface area contributed by atoms with Crippen molar-refractivity contribution in [2.24, 2.45) is 5.92 Å². The number of aryl methyl sites for hydroxylation is 1. The molecule has 1 fully saturated rings. The Morgan fingerprint density at radius 3 is 2.59 bits per heavy atom. The fourth-order valence-electron chi connectivity index (χ4n) is 5.22. The number of halogens is 2. The quantitative estimate of drug-likeness (QED) is 0.151. The summed E-state index contributed by atoms with van der Waals surface area (Å²) in [4.78, 5) is 11.9. The fourth-order valence-corrected chi connectivity index (χ4v) is 7.97. The van der Waals surface area contributed by atoms with Crippen molar-refractivity contribution >= 4 is 57.3 Å². The Morgan fingerprint density at radius 1 is 1.12 bits per heavy atom. The highest BCUT2D eigenvalue weighted by Crippen LogP contribution is 2.58. The predicted octanol–water partition coefficient (Wildman–Crippen LogP) is 7.55. The number of fused-ring (bicyclic) bond motifs is 3. The van der Waals surface area contributed by atoms with E-state index in [2.05, 4.69) is 71.2 Å². The van der Waals surface area contributed by atoms with Crippen molar-refractivity contribution in [2.45, 2.75) is 40.8 Å². The molecule has 3 aromatic rings. The van der Waals surface area contributed by atoms with Crippen LogP contribution in [0, 0.1) is 26.5 Å². The van der Waals surface area contributed by atoms with Gasteiger partial charge < -0.3 is 5.32 Å². The van der Waals surface area contributed by atoms with Gasteiger partial charge in [0.2, 0.25) is 0 Å². The van der Waals surface area contributed by atoms with Crippen molar-refractivity contribution in [3.63, 3.8) is 0 Å². The number of alkyl halides is 1. The van der Waals surface area contributed by atoms with Gasteiger partial charge in [0, 0.05) is 26.5 Å². The molecule has 0 spiro atoms. The molecule has 1 aliphatic heterocycles. The van der Waals surface area contributed by atoms with E-state index < -0.39 is 0 Å². The van der Waals surface area contributed by atoms with Crippen LogP contribution in [0.25, 0.3) is 0 Å². The number of thioether (sulfide) groups is 1. The standard InChI is InChI=1S/C25H22ClIN2O2S/c1-14-11-16(27)12-17-22-18(25(28-24(14)17)15-7-3-2-4-8-15)13-21(23(22)26)32-20-10-6-5-9-19(20)29(30)31/h2-12,18,21-23,25,28H,13H2,1H3/t18-,21+,22+,23-,25-/m1/s1. The monoisotopic (exact) mass is 576 g/mol. The molecule has 3 aromatic carbocycles. The zero-order chi connectivity index (χ0) is 22.4. The second-order valence-corrected chi connectivity index (χ2v) is 11.5. The van der Waals surface area contributed by atoms with Gasteiger partial charge in [0.25, 0.3) is 5.69 Å². The molecule has 1 N–H and O–H groups in total. The summed E-state index contributed by atoms with van der Waals surface area (Å²) in [6.45, 7) is 2.15. The Hall–Kier alpha value is -1.77. The number of anilines is 1.